The van der Waals surface area contributed by atoms with E-state index in [9.17, 15) is 4.79 Å². The van der Waals surface area contributed by atoms with Crippen molar-refractivity contribution >= 4 is 98.5 Å². The first-order chi connectivity index (χ1) is 2.27. The van der Waals surface area contributed by atoms with Gasteiger partial charge in [-0.1, -0.05) is 0 Å². The van der Waals surface area contributed by atoms with Gasteiger partial charge in [0.05, 0.1) is 0 Å². The van der Waals surface area contributed by atoms with Crippen LogP contribution in [0.3, 0.4) is 0 Å². The van der Waals surface area contributed by atoms with Gasteiger partial charge in [0, 0.05) is 0 Å². The third-order valence-corrected chi connectivity index (χ3v) is 0.343. The normalized spacial score (nSPS) is 5.29. The Labute approximate surface area is 112 Å². The molecule has 0 saturated heterocycles. The van der Waals surface area contributed by atoms with E-state index in [1.807, 2.05) is 0 Å². The zero-order valence-electron chi connectivity index (χ0n) is 2.44. The second-order valence-electron chi connectivity index (χ2n) is 0.527. The molecule has 34 valence electrons. The molecule has 0 amide bonds. The molecule has 0 fully saturated rings. The Hall–Kier alpha value is 2.40. The van der Waals surface area contributed by atoms with Crippen molar-refractivity contribution in [2.75, 3.05) is 5.88 Å². The van der Waals surface area contributed by atoms with Crippen LogP contribution in [0.5, 0.6) is 0 Å². The minimum atomic E-state index is -0.980. The van der Waals surface area contributed by atoms with E-state index in [0.717, 1.165) is 0 Å². The van der Waals surface area contributed by atoms with E-state index < -0.39 is 5.97 Å². The van der Waals surface area contributed by atoms with Gasteiger partial charge in [0.2, 0.25) is 0 Å². The van der Waals surface area contributed by atoms with Gasteiger partial charge in [-0.05, 0) is 0 Å². The van der Waals surface area contributed by atoms with Gasteiger partial charge in [-0.15, -0.1) is 11.6 Å². The molecular weight excluding hydrogens is 154 g/mol. The number of alkyl halides is 1. The first kappa shape index (κ1) is 16.2. The molecule has 1 N–H and O–H groups in total. The monoisotopic (exact) mass is 158 g/mol. The summed E-state index contributed by atoms with van der Waals surface area (Å²) in [6.45, 7) is 0. The number of aliphatic carboxylic acids is 1. The molecule has 0 spiro atoms. The van der Waals surface area contributed by atoms with E-state index in [2.05, 4.69) is 0 Å². The summed E-state index contributed by atoms with van der Waals surface area (Å²) in [6, 6.07) is 0. The zero-order chi connectivity index (χ0) is 4.28. The van der Waals surface area contributed by atoms with Crippen LogP contribution in [0.15, 0.2) is 0 Å². The summed E-state index contributed by atoms with van der Waals surface area (Å²) in [5, 5.41) is 7.59. The molecule has 0 aromatic rings. The van der Waals surface area contributed by atoms with Crippen molar-refractivity contribution in [3.63, 3.8) is 0 Å². The minimum absolute atomic E-state index is 0. The van der Waals surface area contributed by atoms with Crippen LogP contribution in [0.1, 0.15) is 0 Å². The predicted molar refractivity (Wildman–Crippen MR) is 32.7 cm³/mol. The fraction of sp³-hybridized carbons (Fsp3) is 0.500. The summed E-state index contributed by atoms with van der Waals surface area (Å²) in [5.41, 5.74) is 0. The fourth-order valence-electron chi connectivity index (χ4n) is 0. The molecule has 0 heterocycles. The van der Waals surface area contributed by atoms with Crippen LogP contribution < -0.4 is 0 Å². The van der Waals surface area contributed by atoms with Crippen molar-refractivity contribution < 1.29 is 9.90 Å². The second-order valence-corrected chi connectivity index (χ2v) is 0.795. The van der Waals surface area contributed by atoms with E-state index in [-0.39, 0.29) is 86.8 Å². The van der Waals surface area contributed by atoms with Gasteiger partial charge >= 0.3 is 86.9 Å². The second kappa shape index (κ2) is 11.2. The van der Waals surface area contributed by atoms with Gasteiger partial charge < -0.3 is 5.11 Å². The number of rotatable bonds is 1. The Bertz CT molecular complexity index is 51.0. The SMILES string of the molecule is O=C(O)CCl.[KH].[NaH]. The Kier molecular flexibility index (Phi) is 26.0. The van der Waals surface area contributed by atoms with Crippen LogP contribution in [0.2, 0.25) is 0 Å². The summed E-state index contributed by atoms with van der Waals surface area (Å²) >= 11 is 4.74. The average molecular weight is 159 g/mol. The number of carboxylic acid groups (broad SMARTS) is 1. The quantitative estimate of drug-likeness (QED) is 0.393. The van der Waals surface area contributed by atoms with E-state index in [4.69, 9.17) is 16.7 Å². The van der Waals surface area contributed by atoms with Crippen molar-refractivity contribution in [1.29, 1.82) is 0 Å². The first-order valence-electron chi connectivity index (χ1n) is 1.05. The molecule has 0 aliphatic carbocycles. The van der Waals surface area contributed by atoms with E-state index in [1.54, 1.807) is 0 Å². The maximum atomic E-state index is 9.24. The van der Waals surface area contributed by atoms with Crippen LogP contribution in [0.4, 0.5) is 0 Å². The molecule has 0 aliphatic rings. The molecule has 0 radical (unpaired) electrons. The van der Waals surface area contributed by atoms with E-state index >= 15 is 0 Å². The predicted octanol–water partition coefficient (Wildman–Crippen LogP) is -0.987. The van der Waals surface area contributed by atoms with Gasteiger partial charge in [-0.25, -0.2) is 0 Å². The topological polar surface area (TPSA) is 37.3 Å². The van der Waals surface area contributed by atoms with Gasteiger partial charge in [0.15, 0.2) is 0 Å². The summed E-state index contributed by atoms with van der Waals surface area (Å²) in [7, 11) is 0. The zero-order valence-corrected chi connectivity index (χ0v) is 3.20. The van der Waals surface area contributed by atoms with Crippen molar-refractivity contribution in [1.82, 2.24) is 0 Å². The molecule has 0 unspecified atom stereocenters. The fourth-order valence-corrected chi connectivity index (χ4v) is 0. The number of carboxylic acids is 1. The average Bonchev–Trinajstić information content (AvgIpc) is 1.38. The van der Waals surface area contributed by atoms with Crippen molar-refractivity contribution in [2.45, 2.75) is 0 Å². The molecule has 2 nitrogen and oxygen atoms in total. The third kappa shape index (κ3) is 17.8. The molecule has 0 saturated carbocycles. The Morgan fingerprint density at radius 3 is 1.86 bits per heavy atom. The Balaban J connectivity index is -0.0000000800. The molecule has 0 aromatic carbocycles. The van der Waals surface area contributed by atoms with Crippen molar-refractivity contribution in [3.05, 3.63) is 0 Å². The number of carbonyl (C=O) groups is 1. The summed E-state index contributed by atoms with van der Waals surface area (Å²) in [6.07, 6.45) is 0. The van der Waals surface area contributed by atoms with Crippen LogP contribution in [0.25, 0.3) is 0 Å². The standard InChI is InChI=1S/C2H3ClO2.K.Na.2H/c3-1-2(4)5;;;;/h1H2,(H,4,5);;;;. The Morgan fingerprint density at radius 2 is 1.86 bits per heavy atom. The van der Waals surface area contributed by atoms with Crippen LogP contribution in [-0.2, 0) is 4.79 Å². The maximum absolute atomic E-state index is 9.24. The molecule has 0 aliphatic heterocycles. The van der Waals surface area contributed by atoms with Crippen molar-refractivity contribution in [2.24, 2.45) is 0 Å². The van der Waals surface area contributed by atoms with Crippen LogP contribution in [-0.4, -0.2) is 97.9 Å². The number of halogens is 1. The summed E-state index contributed by atoms with van der Waals surface area (Å²) in [5.74, 6) is -1.29. The number of hydrogen-bond acceptors (Lipinski definition) is 1. The first-order valence-corrected chi connectivity index (χ1v) is 1.58. The van der Waals surface area contributed by atoms with Crippen molar-refractivity contribution in [3.8, 4) is 0 Å². The Morgan fingerprint density at radius 1 is 1.71 bits per heavy atom. The molecule has 0 rings (SSSR count). The van der Waals surface area contributed by atoms with Gasteiger partial charge in [0.25, 0.3) is 0 Å². The summed E-state index contributed by atoms with van der Waals surface area (Å²) < 4.78 is 0. The van der Waals surface area contributed by atoms with E-state index in [1.165, 1.54) is 0 Å². The molecular formula is C2H5ClKNaO2. The summed E-state index contributed by atoms with van der Waals surface area (Å²) in [4.78, 5) is 9.24. The van der Waals surface area contributed by atoms with E-state index in [0.29, 0.717) is 0 Å². The van der Waals surface area contributed by atoms with Gasteiger partial charge in [0.1, 0.15) is 5.88 Å². The molecule has 5 heteroatoms. The van der Waals surface area contributed by atoms with Crippen LogP contribution >= 0.6 is 11.6 Å². The third-order valence-electron chi connectivity index (χ3n) is 0.114. The number of hydrogen-bond donors (Lipinski definition) is 1. The molecule has 0 atom stereocenters. The molecule has 0 bridgehead atoms. The van der Waals surface area contributed by atoms with Crippen LogP contribution in [0, 0.1) is 0 Å². The van der Waals surface area contributed by atoms with Gasteiger partial charge in [-0.2, -0.15) is 0 Å². The molecule has 0 aromatic heterocycles. The molecule has 7 heavy (non-hydrogen) atoms. The van der Waals surface area contributed by atoms with Gasteiger partial charge in [-0.3, -0.25) is 4.79 Å².